The number of nitrogens with two attached hydrogens (primary N) is 1. The highest BCUT2D eigenvalue weighted by Gasteiger charge is 2.25. The standard InChI is InChI=1S/C14H17N3O/c1-8-6-9(2)12(15)11(7-8)14-16-13(17-18-14)10-4-3-5-10/h6-7,10H,3-5,15H2,1-2H3. The SMILES string of the molecule is Cc1cc(C)c(N)c(-c2nc(C3CCC3)no2)c1. The van der Waals surface area contributed by atoms with Crippen LogP contribution in [0.5, 0.6) is 0 Å². The summed E-state index contributed by atoms with van der Waals surface area (Å²) in [6, 6.07) is 4.06. The van der Waals surface area contributed by atoms with E-state index < -0.39 is 0 Å². The molecule has 2 aromatic rings. The lowest BCUT2D eigenvalue weighted by atomic mass is 9.85. The van der Waals surface area contributed by atoms with Crippen LogP contribution in [-0.4, -0.2) is 10.1 Å². The fraction of sp³-hybridized carbons (Fsp3) is 0.429. The zero-order valence-corrected chi connectivity index (χ0v) is 10.7. The Morgan fingerprint density at radius 2 is 2.06 bits per heavy atom. The minimum Gasteiger partial charge on any atom is -0.398 e. The number of nitrogens with zero attached hydrogens (tertiary/aromatic N) is 2. The van der Waals surface area contributed by atoms with Gasteiger partial charge in [0, 0.05) is 11.6 Å². The zero-order chi connectivity index (χ0) is 12.7. The van der Waals surface area contributed by atoms with E-state index in [0.29, 0.717) is 11.8 Å². The first-order chi connectivity index (χ1) is 8.65. The molecule has 1 aliphatic carbocycles. The second-order valence-corrected chi connectivity index (χ2v) is 5.13. The second-order valence-electron chi connectivity index (χ2n) is 5.13. The highest BCUT2D eigenvalue weighted by Crippen LogP contribution is 2.36. The third-order valence-electron chi connectivity index (χ3n) is 3.67. The third-order valence-corrected chi connectivity index (χ3v) is 3.67. The summed E-state index contributed by atoms with van der Waals surface area (Å²) in [6.45, 7) is 4.04. The van der Waals surface area contributed by atoms with E-state index in [9.17, 15) is 0 Å². The van der Waals surface area contributed by atoms with E-state index in [1.165, 1.54) is 19.3 Å². The number of aromatic nitrogens is 2. The smallest absolute Gasteiger partial charge is 0.260 e. The molecule has 0 unspecified atom stereocenters. The Balaban J connectivity index is 2.01. The molecule has 0 spiro atoms. The lowest BCUT2D eigenvalue weighted by Gasteiger charge is -2.20. The summed E-state index contributed by atoms with van der Waals surface area (Å²) in [6.07, 6.45) is 3.60. The van der Waals surface area contributed by atoms with Gasteiger partial charge < -0.3 is 10.3 Å². The molecule has 1 aromatic carbocycles. The predicted octanol–water partition coefficient (Wildman–Crippen LogP) is 3.20. The summed E-state index contributed by atoms with van der Waals surface area (Å²) in [5.74, 6) is 1.85. The van der Waals surface area contributed by atoms with Crippen molar-refractivity contribution >= 4 is 5.69 Å². The first-order valence-electron chi connectivity index (χ1n) is 6.36. The van der Waals surface area contributed by atoms with Crippen LogP contribution in [0.4, 0.5) is 5.69 Å². The van der Waals surface area contributed by atoms with Crippen molar-refractivity contribution in [2.24, 2.45) is 0 Å². The van der Waals surface area contributed by atoms with Gasteiger partial charge in [-0.15, -0.1) is 0 Å². The van der Waals surface area contributed by atoms with E-state index in [1.807, 2.05) is 19.9 Å². The van der Waals surface area contributed by atoms with Crippen molar-refractivity contribution in [3.8, 4) is 11.5 Å². The lowest BCUT2D eigenvalue weighted by molar-refractivity contribution is 0.366. The fourth-order valence-corrected chi connectivity index (χ4v) is 2.33. The van der Waals surface area contributed by atoms with Crippen molar-refractivity contribution in [1.29, 1.82) is 0 Å². The summed E-state index contributed by atoms with van der Waals surface area (Å²) >= 11 is 0. The summed E-state index contributed by atoms with van der Waals surface area (Å²) < 4.78 is 5.36. The van der Waals surface area contributed by atoms with Crippen LogP contribution in [0, 0.1) is 13.8 Å². The van der Waals surface area contributed by atoms with Crippen LogP contribution in [-0.2, 0) is 0 Å². The van der Waals surface area contributed by atoms with E-state index >= 15 is 0 Å². The van der Waals surface area contributed by atoms with Crippen LogP contribution < -0.4 is 5.73 Å². The number of hydrogen-bond acceptors (Lipinski definition) is 4. The molecule has 1 heterocycles. The van der Waals surface area contributed by atoms with Crippen molar-refractivity contribution < 1.29 is 4.52 Å². The monoisotopic (exact) mass is 243 g/mol. The molecule has 1 fully saturated rings. The lowest BCUT2D eigenvalue weighted by Crippen LogP contribution is -2.10. The number of anilines is 1. The van der Waals surface area contributed by atoms with E-state index in [2.05, 4.69) is 16.2 Å². The Kier molecular flexibility index (Phi) is 2.58. The fourth-order valence-electron chi connectivity index (χ4n) is 2.33. The molecule has 0 aliphatic heterocycles. The first-order valence-corrected chi connectivity index (χ1v) is 6.36. The van der Waals surface area contributed by atoms with E-state index in [4.69, 9.17) is 10.3 Å². The molecule has 18 heavy (non-hydrogen) atoms. The molecule has 4 nitrogen and oxygen atoms in total. The molecule has 1 saturated carbocycles. The van der Waals surface area contributed by atoms with E-state index in [0.717, 1.165) is 28.2 Å². The van der Waals surface area contributed by atoms with Gasteiger partial charge in [0.2, 0.25) is 0 Å². The number of hydrogen-bond donors (Lipinski definition) is 1. The molecular formula is C14H17N3O. The molecule has 0 atom stereocenters. The average Bonchev–Trinajstić information content (AvgIpc) is 2.70. The molecule has 0 radical (unpaired) electrons. The topological polar surface area (TPSA) is 64.9 Å². The van der Waals surface area contributed by atoms with Gasteiger partial charge in [-0.25, -0.2) is 0 Å². The summed E-state index contributed by atoms with van der Waals surface area (Å²) in [5, 5.41) is 4.07. The van der Waals surface area contributed by atoms with E-state index in [1.54, 1.807) is 0 Å². The number of aryl methyl sites for hydroxylation is 2. The second kappa shape index (κ2) is 4.12. The van der Waals surface area contributed by atoms with Crippen LogP contribution in [0.2, 0.25) is 0 Å². The van der Waals surface area contributed by atoms with Crippen LogP contribution in [0.15, 0.2) is 16.7 Å². The predicted molar refractivity (Wildman–Crippen MR) is 70.2 cm³/mol. The van der Waals surface area contributed by atoms with Gasteiger partial charge in [0.1, 0.15) is 0 Å². The Morgan fingerprint density at radius 3 is 2.72 bits per heavy atom. The van der Waals surface area contributed by atoms with Crippen molar-refractivity contribution in [1.82, 2.24) is 10.1 Å². The van der Waals surface area contributed by atoms with E-state index in [-0.39, 0.29) is 0 Å². The minimum absolute atomic E-state index is 0.481. The summed E-state index contributed by atoms with van der Waals surface area (Å²) in [4.78, 5) is 4.49. The number of benzene rings is 1. The molecular weight excluding hydrogens is 226 g/mol. The van der Waals surface area contributed by atoms with Gasteiger partial charge in [0.25, 0.3) is 5.89 Å². The maximum atomic E-state index is 6.09. The van der Waals surface area contributed by atoms with Gasteiger partial charge in [-0.2, -0.15) is 4.98 Å². The maximum Gasteiger partial charge on any atom is 0.260 e. The maximum absolute atomic E-state index is 6.09. The van der Waals surface area contributed by atoms with Gasteiger partial charge in [0.05, 0.1) is 5.56 Å². The number of rotatable bonds is 2. The number of nitrogen functional groups attached to an aromatic ring is 1. The molecule has 0 saturated heterocycles. The van der Waals surface area contributed by atoms with Crippen molar-refractivity contribution in [2.45, 2.75) is 39.0 Å². The Bertz CT molecular complexity index is 585. The molecule has 0 amide bonds. The Hall–Kier alpha value is -1.84. The Labute approximate surface area is 106 Å². The van der Waals surface area contributed by atoms with Crippen LogP contribution in [0.1, 0.15) is 42.1 Å². The van der Waals surface area contributed by atoms with Crippen LogP contribution in [0.25, 0.3) is 11.5 Å². The Morgan fingerprint density at radius 1 is 1.28 bits per heavy atom. The van der Waals surface area contributed by atoms with Crippen LogP contribution >= 0.6 is 0 Å². The molecule has 94 valence electrons. The minimum atomic E-state index is 0.481. The summed E-state index contributed by atoms with van der Waals surface area (Å²) in [5.41, 5.74) is 9.87. The molecule has 2 N–H and O–H groups in total. The van der Waals surface area contributed by atoms with Crippen molar-refractivity contribution in [3.63, 3.8) is 0 Å². The first kappa shape index (κ1) is 11.3. The van der Waals surface area contributed by atoms with Gasteiger partial charge >= 0.3 is 0 Å². The van der Waals surface area contributed by atoms with Crippen LogP contribution in [0.3, 0.4) is 0 Å². The molecule has 1 aromatic heterocycles. The van der Waals surface area contributed by atoms with Gasteiger partial charge in [-0.1, -0.05) is 17.6 Å². The quantitative estimate of drug-likeness (QED) is 0.822. The highest BCUT2D eigenvalue weighted by atomic mass is 16.5. The van der Waals surface area contributed by atoms with Crippen molar-refractivity contribution in [3.05, 3.63) is 29.1 Å². The summed E-state index contributed by atoms with van der Waals surface area (Å²) in [7, 11) is 0. The third kappa shape index (κ3) is 1.78. The van der Waals surface area contributed by atoms with Gasteiger partial charge in [0.15, 0.2) is 5.82 Å². The normalized spacial score (nSPS) is 15.7. The molecule has 3 rings (SSSR count). The molecule has 1 aliphatic rings. The largest absolute Gasteiger partial charge is 0.398 e. The molecule has 4 heteroatoms. The molecule has 0 bridgehead atoms. The van der Waals surface area contributed by atoms with Gasteiger partial charge in [-0.3, -0.25) is 0 Å². The van der Waals surface area contributed by atoms with Gasteiger partial charge in [-0.05, 0) is 43.9 Å². The van der Waals surface area contributed by atoms with Crippen molar-refractivity contribution in [2.75, 3.05) is 5.73 Å². The zero-order valence-electron chi connectivity index (χ0n) is 10.7. The average molecular weight is 243 g/mol. The highest BCUT2D eigenvalue weighted by molar-refractivity contribution is 5.74.